The molecule has 0 atom stereocenters. The first kappa shape index (κ1) is 24.2. The van der Waals surface area contributed by atoms with Crippen LogP contribution in [0.4, 0.5) is 17.1 Å². The highest BCUT2D eigenvalue weighted by Gasteiger charge is 2.13. The largest absolute Gasteiger partial charge is 0.311 e. The van der Waals surface area contributed by atoms with Crippen molar-refractivity contribution in [2.24, 2.45) is 0 Å². The van der Waals surface area contributed by atoms with Crippen LogP contribution in [0.2, 0.25) is 0 Å². The number of benzene rings is 3. The first-order valence-corrected chi connectivity index (χ1v) is 14.2. The van der Waals surface area contributed by atoms with Crippen molar-refractivity contribution in [3.63, 3.8) is 0 Å². The highest BCUT2D eigenvalue weighted by atomic mass is 32.2. The lowest BCUT2D eigenvalue weighted by Crippen LogP contribution is -2.09. The molecular weight excluding hydrogens is 435 g/mol. The van der Waals surface area contributed by atoms with E-state index < -0.39 is 0 Å². The first-order chi connectivity index (χ1) is 15.2. The Morgan fingerprint density at radius 3 is 0.935 bits per heavy atom. The Morgan fingerprint density at radius 1 is 0.452 bits per heavy atom. The summed E-state index contributed by atoms with van der Waals surface area (Å²) in [6.07, 6.45) is 3.59. The summed E-state index contributed by atoms with van der Waals surface area (Å²) in [6, 6.07) is 27.0. The van der Waals surface area contributed by atoms with Gasteiger partial charge in [-0.25, -0.2) is 0 Å². The number of nitrogens with zero attached hydrogens (tertiary/aromatic N) is 1. The quantitative estimate of drug-likeness (QED) is 0.244. The van der Waals surface area contributed by atoms with Crippen LogP contribution in [0.15, 0.2) is 87.5 Å². The van der Waals surface area contributed by atoms with Crippen LogP contribution >= 0.6 is 35.3 Å². The third kappa shape index (κ3) is 7.27. The van der Waals surface area contributed by atoms with Crippen molar-refractivity contribution in [1.82, 2.24) is 0 Å². The Labute approximate surface area is 201 Å². The zero-order valence-corrected chi connectivity index (χ0v) is 21.3. The second-order valence-corrected chi connectivity index (χ2v) is 10.9. The minimum absolute atomic E-state index is 1.16. The topological polar surface area (TPSA) is 3.24 Å². The Bertz CT molecular complexity index is 767. The lowest BCUT2D eigenvalue weighted by atomic mass is 10.2. The first-order valence-electron chi connectivity index (χ1n) is 11.2. The SMILES string of the molecule is CCCSc1ccc(N(c2ccc(SCCC)cc2)c2ccc(SCCC)cc2)cc1. The van der Waals surface area contributed by atoms with Crippen LogP contribution in [0.1, 0.15) is 40.0 Å². The molecule has 164 valence electrons. The second kappa shape index (κ2) is 13.1. The minimum Gasteiger partial charge on any atom is -0.311 e. The minimum atomic E-state index is 1.16. The Morgan fingerprint density at radius 2 is 0.710 bits per heavy atom. The molecule has 31 heavy (non-hydrogen) atoms. The van der Waals surface area contributed by atoms with Crippen molar-refractivity contribution in [1.29, 1.82) is 0 Å². The Hall–Kier alpha value is -1.49. The summed E-state index contributed by atoms with van der Waals surface area (Å²) in [5, 5.41) is 0. The average molecular weight is 468 g/mol. The van der Waals surface area contributed by atoms with E-state index in [0.29, 0.717) is 0 Å². The molecular formula is C27H33NS3. The summed E-state index contributed by atoms with van der Waals surface area (Å²) in [5.41, 5.74) is 3.59. The molecule has 0 amide bonds. The lowest BCUT2D eigenvalue weighted by molar-refractivity contribution is 1.10. The van der Waals surface area contributed by atoms with Gasteiger partial charge in [0.15, 0.2) is 0 Å². The van der Waals surface area contributed by atoms with E-state index in [0.717, 1.165) is 17.3 Å². The standard InChI is InChI=1S/C27H33NS3/c1-4-19-29-25-13-7-22(8-14-25)28(23-9-15-26(16-10-23)30-20-5-2)24-11-17-27(18-12-24)31-21-6-3/h7-18H,4-6,19-21H2,1-3H3. The van der Waals surface area contributed by atoms with E-state index in [1.807, 2.05) is 35.3 Å². The molecule has 0 aliphatic carbocycles. The number of thioether (sulfide) groups is 3. The van der Waals surface area contributed by atoms with Crippen molar-refractivity contribution >= 4 is 52.3 Å². The molecule has 0 heterocycles. The molecule has 0 aliphatic heterocycles. The van der Waals surface area contributed by atoms with E-state index in [4.69, 9.17) is 0 Å². The lowest BCUT2D eigenvalue weighted by Gasteiger charge is -2.26. The number of hydrogen-bond acceptors (Lipinski definition) is 4. The van der Waals surface area contributed by atoms with Crippen molar-refractivity contribution in [2.75, 3.05) is 22.2 Å². The molecule has 3 aromatic rings. The maximum atomic E-state index is 2.36. The van der Waals surface area contributed by atoms with Crippen LogP contribution in [0.25, 0.3) is 0 Å². The summed E-state index contributed by atoms with van der Waals surface area (Å²) < 4.78 is 0. The fourth-order valence-electron chi connectivity index (χ4n) is 3.18. The maximum absolute atomic E-state index is 2.36. The van der Waals surface area contributed by atoms with Crippen molar-refractivity contribution in [2.45, 2.75) is 54.7 Å². The number of anilines is 3. The number of hydrogen-bond donors (Lipinski definition) is 0. The van der Waals surface area contributed by atoms with Gasteiger partial charge in [0.2, 0.25) is 0 Å². The normalized spacial score (nSPS) is 10.9. The fourth-order valence-corrected chi connectivity index (χ4v) is 5.49. The molecule has 0 spiro atoms. The fraction of sp³-hybridized carbons (Fsp3) is 0.333. The van der Waals surface area contributed by atoms with E-state index in [1.54, 1.807) is 0 Å². The smallest absolute Gasteiger partial charge is 0.0462 e. The summed E-state index contributed by atoms with van der Waals surface area (Å²) in [7, 11) is 0. The van der Waals surface area contributed by atoms with Gasteiger partial charge in [0.05, 0.1) is 0 Å². The zero-order valence-electron chi connectivity index (χ0n) is 18.8. The molecule has 0 bridgehead atoms. The van der Waals surface area contributed by atoms with Crippen LogP contribution < -0.4 is 4.90 Å². The summed E-state index contributed by atoms with van der Waals surface area (Å²) in [4.78, 5) is 6.37. The van der Waals surface area contributed by atoms with Crippen LogP contribution in [-0.2, 0) is 0 Å². The van der Waals surface area contributed by atoms with Gasteiger partial charge in [0.25, 0.3) is 0 Å². The molecule has 1 nitrogen and oxygen atoms in total. The highest BCUT2D eigenvalue weighted by Crippen LogP contribution is 2.37. The summed E-state index contributed by atoms with van der Waals surface area (Å²) >= 11 is 5.78. The molecule has 4 heteroatoms. The van der Waals surface area contributed by atoms with E-state index in [-0.39, 0.29) is 0 Å². The van der Waals surface area contributed by atoms with E-state index in [9.17, 15) is 0 Å². The highest BCUT2D eigenvalue weighted by molar-refractivity contribution is 7.99. The maximum Gasteiger partial charge on any atom is 0.0462 e. The van der Waals surface area contributed by atoms with Gasteiger partial charge < -0.3 is 4.90 Å². The van der Waals surface area contributed by atoms with Gasteiger partial charge in [-0.15, -0.1) is 35.3 Å². The van der Waals surface area contributed by atoms with Gasteiger partial charge in [-0.3, -0.25) is 0 Å². The molecule has 3 rings (SSSR count). The average Bonchev–Trinajstić information content (AvgIpc) is 2.82. The second-order valence-electron chi connectivity index (χ2n) is 7.36. The van der Waals surface area contributed by atoms with Crippen LogP contribution in [0.5, 0.6) is 0 Å². The molecule has 0 unspecified atom stereocenters. The third-order valence-corrected chi connectivity index (χ3v) is 8.36. The summed E-state index contributed by atoms with van der Waals surface area (Å²) in [5.74, 6) is 3.49. The van der Waals surface area contributed by atoms with Crippen molar-refractivity contribution in [3.8, 4) is 0 Å². The zero-order chi connectivity index (χ0) is 21.9. The molecule has 0 radical (unpaired) electrons. The summed E-state index contributed by atoms with van der Waals surface area (Å²) in [6.45, 7) is 6.69. The third-order valence-electron chi connectivity index (χ3n) is 4.70. The Kier molecular flexibility index (Phi) is 10.2. The molecule has 0 saturated carbocycles. The van der Waals surface area contributed by atoms with Gasteiger partial charge in [0, 0.05) is 31.7 Å². The molecule has 0 saturated heterocycles. The van der Waals surface area contributed by atoms with Gasteiger partial charge in [-0.1, -0.05) is 20.8 Å². The van der Waals surface area contributed by atoms with E-state index in [1.165, 1.54) is 51.0 Å². The Balaban J connectivity index is 1.90. The van der Waals surface area contributed by atoms with E-state index >= 15 is 0 Å². The predicted molar refractivity (Wildman–Crippen MR) is 144 cm³/mol. The molecule has 0 fully saturated rings. The molecule has 0 aliphatic rings. The van der Waals surface area contributed by atoms with Crippen LogP contribution in [0, 0.1) is 0 Å². The van der Waals surface area contributed by atoms with Gasteiger partial charge in [-0.05, 0) is 109 Å². The predicted octanol–water partition coefficient (Wildman–Crippen LogP) is 9.66. The van der Waals surface area contributed by atoms with Gasteiger partial charge in [-0.2, -0.15) is 0 Å². The molecule has 0 N–H and O–H groups in total. The molecule has 0 aromatic heterocycles. The van der Waals surface area contributed by atoms with Crippen LogP contribution in [-0.4, -0.2) is 17.3 Å². The van der Waals surface area contributed by atoms with Gasteiger partial charge in [0.1, 0.15) is 0 Å². The number of rotatable bonds is 12. The molecule has 3 aromatic carbocycles. The van der Waals surface area contributed by atoms with Gasteiger partial charge >= 0.3 is 0 Å². The van der Waals surface area contributed by atoms with E-state index in [2.05, 4.69) is 98.5 Å². The van der Waals surface area contributed by atoms with Crippen LogP contribution in [0.3, 0.4) is 0 Å². The van der Waals surface area contributed by atoms with Crippen molar-refractivity contribution in [3.05, 3.63) is 72.8 Å². The van der Waals surface area contributed by atoms with Crippen molar-refractivity contribution < 1.29 is 0 Å². The monoisotopic (exact) mass is 467 g/mol.